The zero-order valence-corrected chi connectivity index (χ0v) is 21.2. The van der Waals surface area contributed by atoms with Crippen molar-refractivity contribution in [1.82, 2.24) is 0 Å². The summed E-state index contributed by atoms with van der Waals surface area (Å²) < 4.78 is 12.7. The van der Waals surface area contributed by atoms with Crippen molar-refractivity contribution in [2.75, 3.05) is 0 Å². The molecule has 5 aromatic carbocycles. The number of hydrogen-bond donors (Lipinski definition) is 0. The van der Waals surface area contributed by atoms with Crippen LogP contribution in [0.3, 0.4) is 0 Å². The van der Waals surface area contributed by atoms with Crippen LogP contribution >= 0.6 is 0 Å². The van der Waals surface area contributed by atoms with Crippen LogP contribution in [0, 0.1) is 11.3 Å². The quantitative estimate of drug-likeness (QED) is 0.243. The lowest BCUT2D eigenvalue weighted by atomic mass is 9.64. The molecular formula is C35H25NO2. The Kier molecular flexibility index (Phi) is 4.93. The molecule has 0 N–H and O–H groups in total. The Bertz CT molecular complexity index is 1710. The zero-order valence-electron chi connectivity index (χ0n) is 21.2. The maximum atomic E-state index is 9.11. The first-order chi connectivity index (χ1) is 18.5. The van der Waals surface area contributed by atoms with Crippen molar-refractivity contribution >= 4 is 0 Å². The third-order valence-corrected chi connectivity index (χ3v) is 7.92. The Morgan fingerprint density at radius 3 is 1.82 bits per heavy atom. The molecule has 182 valence electrons. The summed E-state index contributed by atoms with van der Waals surface area (Å²) in [5.41, 5.74) is 9.15. The van der Waals surface area contributed by atoms with Gasteiger partial charge < -0.3 is 9.47 Å². The highest BCUT2D eigenvalue weighted by atomic mass is 16.6. The molecule has 5 aromatic rings. The molecule has 3 heteroatoms. The van der Waals surface area contributed by atoms with Crippen molar-refractivity contribution < 1.29 is 9.47 Å². The molecule has 38 heavy (non-hydrogen) atoms. The first-order valence-corrected chi connectivity index (χ1v) is 12.9. The van der Waals surface area contributed by atoms with Gasteiger partial charge in [0, 0.05) is 11.3 Å². The summed E-state index contributed by atoms with van der Waals surface area (Å²) in [6.45, 7) is 4.63. The molecular weight excluding hydrogens is 466 g/mol. The highest BCUT2D eigenvalue weighted by Gasteiger charge is 2.38. The van der Waals surface area contributed by atoms with Crippen LogP contribution in [0.1, 0.15) is 53.1 Å². The Hall–Kier alpha value is -4.81. The fourth-order valence-corrected chi connectivity index (χ4v) is 6.00. The fraction of sp³-hybridized carbons (Fsp3) is 0.114. The molecule has 7 rings (SSSR count). The molecule has 1 aliphatic heterocycles. The van der Waals surface area contributed by atoms with Crippen molar-refractivity contribution in [2.45, 2.75) is 25.2 Å². The first-order valence-electron chi connectivity index (χ1n) is 12.9. The van der Waals surface area contributed by atoms with Crippen LogP contribution in [0.2, 0.25) is 0 Å². The summed E-state index contributed by atoms with van der Waals surface area (Å²) in [7, 11) is 0. The van der Waals surface area contributed by atoms with Crippen LogP contribution in [-0.4, -0.2) is 0 Å². The van der Waals surface area contributed by atoms with Crippen molar-refractivity contribution in [3.05, 3.63) is 143 Å². The van der Waals surface area contributed by atoms with Crippen LogP contribution < -0.4 is 9.47 Å². The van der Waals surface area contributed by atoms with E-state index in [4.69, 9.17) is 14.7 Å². The molecule has 0 fully saturated rings. The number of ether oxygens (including phenoxy) is 2. The minimum absolute atomic E-state index is 0.0711. The van der Waals surface area contributed by atoms with E-state index in [1.165, 1.54) is 27.8 Å². The summed E-state index contributed by atoms with van der Waals surface area (Å²) in [5.74, 6) is 2.91. The number of nitrogens with zero attached hydrogens (tertiary/aromatic N) is 1. The highest BCUT2D eigenvalue weighted by molar-refractivity contribution is 5.70. The van der Waals surface area contributed by atoms with Crippen LogP contribution in [0.4, 0.5) is 0 Å². The summed E-state index contributed by atoms with van der Waals surface area (Å²) in [6.07, 6.45) is 0. The average molecular weight is 492 g/mol. The van der Waals surface area contributed by atoms with E-state index in [0.717, 1.165) is 11.1 Å². The number of rotatable bonds is 2. The van der Waals surface area contributed by atoms with Crippen molar-refractivity contribution in [2.24, 2.45) is 0 Å². The lowest BCUT2D eigenvalue weighted by molar-refractivity contribution is 0.359. The predicted molar refractivity (Wildman–Crippen MR) is 149 cm³/mol. The van der Waals surface area contributed by atoms with Crippen LogP contribution in [0.25, 0.3) is 11.1 Å². The molecule has 0 radical (unpaired) electrons. The Morgan fingerprint density at radius 2 is 1.16 bits per heavy atom. The molecule has 0 saturated heterocycles. The van der Waals surface area contributed by atoms with E-state index in [1.54, 1.807) is 0 Å². The van der Waals surface area contributed by atoms with Gasteiger partial charge in [-0.15, -0.1) is 0 Å². The van der Waals surface area contributed by atoms with E-state index in [2.05, 4.69) is 80.6 Å². The number of fused-ring (bicyclic) bond motifs is 4. The van der Waals surface area contributed by atoms with Gasteiger partial charge in [0.15, 0.2) is 23.0 Å². The molecule has 2 aliphatic rings. The van der Waals surface area contributed by atoms with Gasteiger partial charge in [-0.2, -0.15) is 5.26 Å². The standard InChI is InChI=1S/C35H25NO2/c1-35(2)28-9-5-3-7-26(28)34(27-8-4-6-10-29(27)35)25-16-18-31-33(20-25)38-32-19-24(15-17-30(32)37-31)23-13-11-22(21-36)12-14-23/h3-20,34H,1-2H3. The van der Waals surface area contributed by atoms with Crippen LogP contribution in [0.15, 0.2) is 109 Å². The van der Waals surface area contributed by atoms with E-state index >= 15 is 0 Å². The molecule has 0 bridgehead atoms. The minimum atomic E-state index is -0.0711. The second-order valence-corrected chi connectivity index (χ2v) is 10.5. The molecule has 0 amide bonds. The highest BCUT2D eigenvalue weighted by Crippen LogP contribution is 2.52. The molecule has 3 nitrogen and oxygen atoms in total. The van der Waals surface area contributed by atoms with E-state index in [0.29, 0.717) is 28.6 Å². The predicted octanol–water partition coefficient (Wildman–Crippen LogP) is 8.94. The maximum absolute atomic E-state index is 9.11. The Labute approximate surface area is 222 Å². The van der Waals surface area contributed by atoms with Crippen LogP contribution in [-0.2, 0) is 5.41 Å². The summed E-state index contributed by atoms with van der Waals surface area (Å²) in [4.78, 5) is 0. The van der Waals surface area contributed by atoms with Crippen molar-refractivity contribution in [3.63, 3.8) is 0 Å². The normalized spacial score (nSPS) is 14.6. The van der Waals surface area contributed by atoms with Crippen LogP contribution in [0.5, 0.6) is 23.0 Å². The zero-order chi connectivity index (χ0) is 25.9. The third-order valence-electron chi connectivity index (χ3n) is 7.92. The summed E-state index contributed by atoms with van der Waals surface area (Å²) >= 11 is 0. The molecule has 0 unspecified atom stereocenters. The Balaban J connectivity index is 1.29. The van der Waals surface area contributed by atoms with Gasteiger partial charge in [-0.25, -0.2) is 0 Å². The van der Waals surface area contributed by atoms with Crippen molar-refractivity contribution in [1.29, 1.82) is 5.26 Å². The fourth-order valence-electron chi connectivity index (χ4n) is 6.00. The first kappa shape index (κ1) is 22.4. The molecule has 1 aliphatic carbocycles. The molecule has 1 heterocycles. The summed E-state index contributed by atoms with van der Waals surface area (Å²) in [5, 5.41) is 9.11. The van der Waals surface area contributed by atoms with Gasteiger partial charge in [0.1, 0.15) is 0 Å². The van der Waals surface area contributed by atoms with Gasteiger partial charge in [0.2, 0.25) is 0 Å². The maximum Gasteiger partial charge on any atom is 0.170 e. The minimum Gasteiger partial charge on any atom is -0.450 e. The monoisotopic (exact) mass is 491 g/mol. The largest absolute Gasteiger partial charge is 0.450 e. The smallest absolute Gasteiger partial charge is 0.170 e. The second-order valence-electron chi connectivity index (χ2n) is 10.5. The average Bonchev–Trinajstić information content (AvgIpc) is 2.96. The SMILES string of the molecule is CC1(C)c2ccccc2C(c2ccc3c(c2)Oc2cc(-c4ccc(C#N)cc4)ccc2O3)c2ccccc21. The van der Waals surface area contributed by atoms with Gasteiger partial charge in [-0.05, 0) is 75.3 Å². The van der Waals surface area contributed by atoms with E-state index in [9.17, 15) is 0 Å². The van der Waals surface area contributed by atoms with Crippen molar-refractivity contribution in [3.8, 4) is 40.2 Å². The molecule has 0 saturated carbocycles. The molecule has 0 aromatic heterocycles. The third kappa shape index (κ3) is 3.42. The molecule has 0 atom stereocenters. The lowest BCUT2D eigenvalue weighted by Crippen LogP contribution is -2.29. The van der Waals surface area contributed by atoms with E-state index in [-0.39, 0.29) is 11.3 Å². The van der Waals surface area contributed by atoms with Gasteiger partial charge >= 0.3 is 0 Å². The number of benzene rings is 5. The topological polar surface area (TPSA) is 42.2 Å². The number of hydrogen-bond acceptors (Lipinski definition) is 3. The summed E-state index contributed by atoms with van der Waals surface area (Å²) in [6, 6.07) is 39.6. The van der Waals surface area contributed by atoms with Gasteiger partial charge in [-0.3, -0.25) is 0 Å². The lowest BCUT2D eigenvalue weighted by Gasteiger charge is -2.39. The van der Waals surface area contributed by atoms with Gasteiger partial charge in [-0.1, -0.05) is 86.6 Å². The number of nitriles is 1. The van der Waals surface area contributed by atoms with Gasteiger partial charge in [0.25, 0.3) is 0 Å². The van der Waals surface area contributed by atoms with E-state index < -0.39 is 0 Å². The van der Waals surface area contributed by atoms with E-state index in [1.807, 2.05) is 48.5 Å². The molecule has 0 spiro atoms. The van der Waals surface area contributed by atoms with Gasteiger partial charge in [0.05, 0.1) is 11.6 Å². The second kappa shape index (κ2) is 8.36. The Morgan fingerprint density at radius 1 is 0.605 bits per heavy atom.